The largest absolute Gasteiger partial charge is 0.332 e. The van der Waals surface area contributed by atoms with Gasteiger partial charge in [-0.1, -0.05) is 60.7 Å². The molecule has 1 aliphatic rings. The number of hydrazone groups is 1. The highest BCUT2D eigenvalue weighted by Gasteiger charge is 2.30. The van der Waals surface area contributed by atoms with E-state index in [0.29, 0.717) is 36.6 Å². The maximum atomic E-state index is 13.6. The lowest BCUT2D eigenvalue weighted by Crippen LogP contribution is -2.40. The van der Waals surface area contributed by atoms with Crippen molar-refractivity contribution >= 4 is 22.8 Å². The maximum absolute atomic E-state index is 13.6. The minimum atomic E-state index is -0.356. The standard InChI is InChI=1S/C26H28N6O2/c1-18-19(2)32-22-23(27-25(32)31(28-18)17-15-21-12-8-5-9-13-21)29(3)26(34)30(24(22)33)16-14-20-10-6-4-7-11-20/h4-13,19H,14-17H2,1-3H3. The van der Waals surface area contributed by atoms with E-state index in [4.69, 9.17) is 10.1 Å². The van der Waals surface area contributed by atoms with E-state index in [2.05, 4.69) is 12.1 Å². The molecule has 0 bridgehead atoms. The number of aromatic nitrogens is 4. The average molecular weight is 457 g/mol. The molecule has 2 aromatic carbocycles. The lowest BCUT2D eigenvalue weighted by atomic mass is 10.1. The lowest BCUT2D eigenvalue weighted by molar-refractivity contribution is 0.594. The number of anilines is 1. The molecule has 8 nitrogen and oxygen atoms in total. The first-order chi connectivity index (χ1) is 16.5. The maximum Gasteiger partial charge on any atom is 0.332 e. The van der Waals surface area contributed by atoms with Crippen molar-refractivity contribution < 1.29 is 0 Å². The number of hydrogen-bond acceptors (Lipinski definition) is 5. The van der Waals surface area contributed by atoms with Gasteiger partial charge in [0.05, 0.1) is 11.8 Å². The summed E-state index contributed by atoms with van der Waals surface area (Å²) >= 11 is 0. The Hall–Kier alpha value is -3.94. The van der Waals surface area contributed by atoms with Crippen molar-refractivity contribution in [3.8, 4) is 0 Å². The molecule has 0 saturated heterocycles. The Morgan fingerprint density at radius 1 is 0.882 bits per heavy atom. The molecule has 4 aromatic rings. The zero-order valence-electron chi connectivity index (χ0n) is 19.7. The molecule has 174 valence electrons. The molecule has 5 rings (SSSR count). The molecule has 1 unspecified atom stereocenters. The average Bonchev–Trinajstić information content (AvgIpc) is 3.27. The molecular formula is C26H28N6O2. The van der Waals surface area contributed by atoms with E-state index in [1.807, 2.05) is 72.0 Å². The fourth-order valence-electron chi connectivity index (χ4n) is 4.50. The summed E-state index contributed by atoms with van der Waals surface area (Å²) in [6.07, 6.45) is 1.39. The molecule has 34 heavy (non-hydrogen) atoms. The van der Waals surface area contributed by atoms with Gasteiger partial charge in [-0.25, -0.2) is 9.80 Å². The molecule has 0 fully saturated rings. The molecule has 0 radical (unpaired) electrons. The van der Waals surface area contributed by atoms with Crippen molar-refractivity contribution in [2.75, 3.05) is 11.6 Å². The van der Waals surface area contributed by atoms with Crippen molar-refractivity contribution in [1.29, 1.82) is 0 Å². The van der Waals surface area contributed by atoms with E-state index in [9.17, 15) is 9.59 Å². The van der Waals surface area contributed by atoms with Crippen molar-refractivity contribution in [3.05, 3.63) is 92.6 Å². The highest BCUT2D eigenvalue weighted by Crippen LogP contribution is 2.29. The van der Waals surface area contributed by atoms with Gasteiger partial charge in [0.15, 0.2) is 11.2 Å². The number of benzene rings is 2. The summed E-state index contributed by atoms with van der Waals surface area (Å²) in [5.41, 5.74) is 3.34. The molecule has 0 spiro atoms. The van der Waals surface area contributed by atoms with Gasteiger partial charge in [0.25, 0.3) is 5.56 Å². The fourth-order valence-corrected chi connectivity index (χ4v) is 4.50. The number of rotatable bonds is 6. The van der Waals surface area contributed by atoms with Gasteiger partial charge in [0.2, 0.25) is 5.95 Å². The summed E-state index contributed by atoms with van der Waals surface area (Å²) in [7, 11) is 1.68. The van der Waals surface area contributed by atoms with Crippen molar-refractivity contribution in [1.82, 2.24) is 18.7 Å². The first kappa shape index (κ1) is 21.9. The van der Waals surface area contributed by atoms with E-state index < -0.39 is 0 Å². The molecule has 3 heterocycles. The number of aryl methyl sites for hydroxylation is 2. The van der Waals surface area contributed by atoms with Gasteiger partial charge in [0, 0.05) is 20.1 Å². The molecule has 0 amide bonds. The number of hydrogen-bond donors (Lipinski definition) is 0. The van der Waals surface area contributed by atoms with E-state index in [0.717, 1.165) is 17.7 Å². The second-order valence-electron chi connectivity index (χ2n) is 8.76. The summed E-state index contributed by atoms with van der Waals surface area (Å²) in [6.45, 7) is 4.90. The monoisotopic (exact) mass is 456 g/mol. The SMILES string of the molecule is CC1=NN(CCc2ccccc2)c2nc3c(c(=O)n(CCc4ccccc4)c(=O)n3C)n2C1C. The van der Waals surface area contributed by atoms with Crippen molar-refractivity contribution in [3.63, 3.8) is 0 Å². The van der Waals surface area contributed by atoms with Crippen LogP contribution in [0.15, 0.2) is 75.4 Å². The first-order valence-electron chi connectivity index (χ1n) is 11.6. The van der Waals surface area contributed by atoms with Crippen LogP contribution in [0.5, 0.6) is 0 Å². The summed E-state index contributed by atoms with van der Waals surface area (Å²) in [5.74, 6) is 0.594. The number of imidazole rings is 1. The topological polar surface area (TPSA) is 77.4 Å². The van der Waals surface area contributed by atoms with E-state index in [1.54, 1.807) is 7.05 Å². The lowest BCUT2D eigenvalue weighted by Gasteiger charge is -2.29. The van der Waals surface area contributed by atoms with Crippen LogP contribution in [-0.4, -0.2) is 30.9 Å². The van der Waals surface area contributed by atoms with Crippen LogP contribution in [0.25, 0.3) is 11.2 Å². The number of nitrogens with zero attached hydrogens (tertiary/aromatic N) is 6. The first-order valence-corrected chi connectivity index (χ1v) is 11.6. The highest BCUT2D eigenvalue weighted by molar-refractivity contribution is 5.91. The van der Waals surface area contributed by atoms with E-state index >= 15 is 0 Å². The quantitative estimate of drug-likeness (QED) is 0.447. The van der Waals surface area contributed by atoms with E-state index in [1.165, 1.54) is 14.7 Å². The predicted octanol–water partition coefficient (Wildman–Crippen LogP) is 3.14. The van der Waals surface area contributed by atoms with Gasteiger partial charge >= 0.3 is 5.69 Å². The van der Waals surface area contributed by atoms with Crippen molar-refractivity contribution in [2.24, 2.45) is 12.1 Å². The Kier molecular flexibility index (Phi) is 5.65. The van der Waals surface area contributed by atoms with Crippen LogP contribution in [0.2, 0.25) is 0 Å². The Morgan fingerprint density at radius 3 is 2.09 bits per heavy atom. The van der Waals surface area contributed by atoms with Gasteiger partial charge in [-0.3, -0.25) is 18.5 Å². The molecule has 1 aliphatic heterocycles. The summed E-state index contributed by atoms with van der Waals surface area (Å²) in [4.78, 5) is 31.5. The number of fused-ring (bicyclic) bond motifs is 3. The van der Waals surface area contributed by atoms with Crippen LogP contribution in [0.1, 0.15) is 31.0 Å². The van der Waals surface area contributed by atoms with Crippen LogP contribution in [0.4, 0.5) is 5.95 Å². The highest BCUT2D eigenvalue weighted by atomic mass is 16.2. The van der Waals surface area contributed by atoms with Crippen LogP contribution >= 0.6 is 0 Å². The minimum Gasteiger partial charge on any atom is -0.294 e. The molecule has 2 aromatic heterocycles. The van der Waals surface area contributed by atoms with Gasteiger partial charge in [0.1, 0.15) is 0 Å². The van der Waals surface area contributed by atoms with Gasteiger partial charge in [-0.15, -0.1) is 0 Å². The Labute approximate surface area is 197 Å². The van der Waals surface area contributed by atoms with E-state index in [-0.39, 0.29) is 17.3 Å². The smallest absolute Gasteiger partial charge is 0.294 e. The van der Waals surface area contributed by atoms with Crippen LogP contribution in [0, 0.1) is 0 Å². The molecule has 0 N–H and O–H groups in total. The second-order valence-corrected chi connectivity index (χ2v) is 8.76. The Balaban J connectivity index is 1.58. The third-order valence-electron chi connectivity index (χ3n) is 6.58. The third-order valence-corrected chi connectivity index (χ3v) is 6.58. The predicted molar refractivity (Wildman–Crippen MR) is 135 cm³/mol. The zero-order chi connectivity index (χ0) is 23.8. The zero-order valence-corrected chi connectivity index (χ0v) is 19.7. The van der Waals surface area contributed by atoms with Crippen molar-refractivity contribution in [2.45, 2.75) is 39.3 Å². The van der Waals surface area contributed by atoms with Gasteiger partial charge in [-0.2, -0.15) is 10.1 Å². The third kappa shape index (κ3) is 3.75. The minimum absolute atomic E-state index is 0.138. The fraction of sp³-hybridized carbons (Fsp3) is 0.308. The summed E-state index contributed by atoms with van der Waals surface area (Å²) in [6, 6.07) is 19.9. The van der Waals surface area contributed by atoms with Crippen LogP contribution in [-0.2, 0) is 26.4 Å². The molecule has 8 heteroatoms. The van der Waals surface area contributed by atoms with Crippen LogP contribution in [0.3, 0.4) is 0 Å². The van der Waals surface area contributed by atoms with Crippen LogP contribution < -0.4 is 16.3 Å². The second kappa shape index (κ2) is 8.78. The van der Waals surface area contributed by atoms with Gasteiger partial charge < -0.3 is 0 Å². The molecular weight excluding hydrogens is 428 g/mol. The van der Waals surface area contributed by atoms with Gasteiger partial charge in [-0.05, 0) is 37.8 Å². The molecule has 0 aliphatic carbocycles. The Morgan fingerprint density at radius 2 is 1.47 bits per heavy atom. The Bertz CT molecular complexity index is 1480. The summed E-state index contributed by atoms with van der Waals surface area (Å²) < 4.78 is 4.74. The normalized spacial score (nSPS) is 15.4. The molecule has 1 atom stereocenters. The molecule has 0 saturated carbocycles. The summed E-state index contributed by atoms with van der Waals surface area (Å²) in [5, 5.41) is 6.61.